The van der Waals surface area contributed by atoms with Crippen LogP contribution in [-0.4, -0.2) is 13.4 Å². The van der Waals surface area contributed by atoms with Gasteiger partial charge in [0.2, 0.25) is 0 Å². The van der Waals surface area contributed by atoms with E-state index in [1.165, 1.54) is 6.39 Å². The van der Waals surface area contributed by atoms with Gasteiger partial charge in [-0.1, -0.05) is 34.1 Å². The van der Waals surface area contributed by atoms with Crippen molar-refractivity contribution in [2.75, 3.05) is 4.72 Å². The Balaban J connectivity index is 1.95. The van der Waals surface area contributed by atoms with Crippen molar-refractivity contribution in [3.8, 4) is 11.3 Å². The molecule has 0 fully saturated rings. The molecule has 0 aliphatic rings. The number of halogens is 1. The van der Waals surface area contributed by atoms with E-state index in [1.54, 1.807) is 49.5 Å². The highest BCUT2D eigenvalue weighted by molar-refractivity contribution is 9.10. The second kappa shape index (κ2) is 6.17. The summed E-state index contributed by atoms with van der Waals surface area (Å²) in [5.74, 6) is 0.574. The lowest BCUT2D eigenvalue weighted by molar-refractivity contribution is 0.572. The van der Waals surface area contributed by atoms with Gasteiger partial charge in [-0.15, -0.1) is 0 Å². The summed E-state index contributed by atoms with van der Waals surface area (Å²) in [5.41, 5.74) is 1.87. The second-order valence-corrected chi connectivity index (χ2v) is 7.53. The summed E-state index contributed by atoms with van der Waals surface area (Å²) < 4.78 is 33.7. The molecule has 0 bridgehead atoms. The number of rotatable bonds is 4. The minimum absolute atomic E-state index is 0.233. The van der Waals surface area contributed by atoms with Crippen LogP contribution in [0.2, 0.25) is 0 Å². The number of anilines is 1. The molecule has 3 rings (SSSR count). The van der Waals surface area contributed by atoms with Crippen LogP contribution in [0.3, 0.4) is 0 Å². The molecule has 7 heteroatoms. The Morgan fingerprint density at radius 2 is 2.00 bits per heavy atom. The molecule has 0 radical (unpaired) electrons. The van der Waals surface area contributed by atoms with Crippen molar-refractivity contribution in [3.63, 3.8) is 0 Å². The van der Waals surface area contributed by atoms with Crippen molar-refractivity contribution >= 4 is 31.6 Å². The van der Waals surface area contributed by atoms with Crippen molar-refractivity contribution in [1.29, 1.82) is 0 Å². The van der Waals surface area contributed by atoms with Gasteiger partial charge in [-0.05, 0) is 36.8 Å². The zero-order valence-electron chi connectivity index (χ0n) is 12.2. The summed E-state index contributed by atoms with van der Waals surface area (Å²) in [5, 5.41) is 0. The SMILES string of the molecule is Cc1ccc(Br)cc1S(=O)(=O)Nc1cccc(-c2cnco2)c1. The van der Waals surface area contributed by atoms with E-state index in [9.17, 15) is 8.42 Å². The largest absolute Gasteiger partial charge is 0.444 e. The predicted molar refractivity (Wildman–Crippen MR) is 91.6 cm³/mol. The van der Waals surface area contributed by atoms with Crippen LogP contribution in [0.25, 0.3) is 11.3 Å². The maximum absolute atomic E-state index is 12.6. The average Bonchev–Trinajstić information content (AvgIpc) is 3.04. The van der Waals surface area contributed by atoms with Gasteiger partial charge in [0.1, 0.15) is 0 Å². The lowest BCUT2D eigenvalue weighted by atomic mass is 10.2. The molecule has 0 spiro atoms. The molecule has 0 aliphatic heterocycles. The number of aromatic nitrogens is 1. The van der Waals surface area contributed by atoms with Crippen molar-refractivity contribution in [3.05, 3.63) is 65.1 Å². The highest BCUT2D eigenvalue weighted by atomic mass is 79.9. The van der Waals surface area contributed by atoms with Gasteiger partial charge in [0.25, 0.3) is 10.0 Å². The predicted octanol–water partition coefficient (Wildman–Crippen LogP) is 4.21. The molecule has 0 aliphatic carbocycles. The van der Waals surface area contributed by atoms with Crippen LogP contribution in [0.1, 0.15) is 5.56 Å². The van der Waals surface area contributed by atoms with Crippen molar-refractivity contribution in [2.24, 2.45) is 0 Å². The van der Waals surface area contributed by atoms with Crippen LogP contribution in [0.5, 0.6) is 0 Å². The standard InChI is InChI=1S/C16H13BrN2O3S/c1-11-5-6-13(17)8-16(11)23(20,21)19-14-4-2-3-12(7-14)15-9-18-10-22-15/h2-10,19H,1H3. The number of nitrogens with one attached hydrogen (secondary N) is 1. The Kier molecular flexibility index (Phi) is 4.23. The molecule has 3 aromatic rings. The van der Waals surface area contributed by atoms with Crippen LogP contribution < -0.4 is 4.72 Å². The summed E-state index contributed by atoms with van der Waals surface area (Å²) in [6.07, 6.45) is 2.91. The van der Waals surface area contributed by atoms with E-state index in [4.69, 9.17) is 4.42 Å². The van der Waals surface area contributed by atoms with Gasteiger partial charge in [0, 0.05) is 15.7 Å². The van der Waals surface area contributed by atoms with E-state index in [0.717, 1.165) is 5.56 Å². The molecule has 1 heterocycles. The van der Waals surface area contributed by atoms with E-state index in [2.05, 4.69) is 25.6 Å². The molecule has 5 nitrogen and oxygen atoms in total. The molecule has 1 aromatic heterocycles. The lowest BCUT2D eigenvalue weighted by Gasteiger charge is -2.11. The fourth-order valence-electron chi connectivity index (χ4n) is 2.17. The molecule has 1 N–H and O–H groups in total. The Morgan fingerprint density at radius 1 is 1.17 bits per heavy atom. The Morgan fingerprint density at radius 3 is 2.74 bits per heavy atom. The third-order valence-corrected chi connectivity index (χ3v) is 5.29. The van der Waals surface area contributed by atoms with Crippen LogP contribution in [0, 0.1) is 6.92 Å². The van der Waals surface area contributed by atoms with Crippen LogP contribution in [-0.2, 0) is 10.0 Å². The number of aryl methyl sites for hydroxylation is 1. The van der Waals surface area contributed by atoms with E-state index in [1.807, 2.05) is 6.07 Å². The summed E-state index contributed by atoms with van der Waals surface area (Å²) in [7, 11) is -3.68. The van der Waals surface area contributed by atoms with Crippen LogP contribution in [0.15, 0.2) is 68.8 Å². The number of oxazole rings is 1. The van der Waals surface area contributed by atoms with Crippen molar-refractivity contribution < 1.29 is 12.8 Å². The van der Waals surface area contributed by atoms with Gasteiger partial charge in [-0.2, -0.15) is 0 Å². The first-order valence-electron chi connectivity index (χ1n) is 6.73. The fraction of sp³-hybridized carbons (Fsp3) is 0.0625. The molecular weight excluding hydrogens is 380 g/mol. The number of sulfonamides is 1. The molecule has 0 atom stereocenters. The maximum atomic E-state index is 12.6. The average molecular weight is 393 g/mol. The lowest BCUT2D eigenvalue weighted by Crippen LogP contribution is -2.14. The summed E-state index contributed by atoms with van der Waals surface area (Å²) >= 11 is 3.30. The first-order valence-corrected chi connectivity index (χ1v) is 9.01. The van der Waals surface area contributed by atoms with Crippen LogP contribution in [0.4, 0.5) is 5.69 Å². The number of hydrogen-bond donors (Lipinski definition) is 1. The van der Waals surface area contributed by atoms with Gasteiger partial charge < -0.3 is 4.42 Å². The minimum atomic E-state index is -3.68. The van der Waals surface area contributed by atoms with Gasteiger partial charge >= 0.3 is 0 Å². The number of nitrogens with zero attached hydrogens (tertiary/aromatic N) is 1. The fourth-order valence-corrected chi connectivity index (χ4v) is 4.00. The van der Waals surface area contributed by atoms with Crippen molar-refractivity contribution in [1.82, 2.24) is 4.98 Å². The molecule has 23 heavy (non-hydrogen) atoms. The molecule has 0 saturated carbocycles. The normalized spacial score (nSPS) is 11.4. The van der Waals surface area contributed by atoms with E-state index < -0.39 is 10.0 Å². The summed E-state index contributed by atoms with van der Waals surface area (Å²) in [6, 6.07) is 12.1. The first kappa shape index (κ1) is 15.8. The molecule has 0 saturated heterocycles. The summed E-state index contributed by atoms with van der Waals surface area (Å²) in [6.45, 7) is 1.76. The van der Waals surface area contributed by atoms with Gasteiger partial charge in [-0.25, -0.2) is 13.4 Å². The smallest absolute Gasteiger partial charge is 0.262 e. The molecular formula is C16H13BrN2O3S. The highest BCUT2D eigenvalue weighted by Crippen LogP contribution is 2.26. The second-order valence-electron chi connectivity index (χ2n) is 4.96. The van der Waals surface area contributed by atoms with Gasteiger partial charge in [0.15, 0.2) is 12.2 Å². The van der Waals surface area contributed by atoms with Crippen molar-refractivity contribution in [2.45, 2.75) is 11.8 Å². The van der Waals surface area contributed by atoms with Gasteiger partial charge in [0.05, 0.1) is 11.1 Å². The Hall–Kier alpha value is -2.12. The molecule has 0 unspecified atom stereocenters. The van der Waals surface area contributed by atoms with Gasteiger partial charge in [-0.3, -0.25) is 4.72 Å². The van der Waals surface area contributed by atoms with E-state index in [0.29, 0.717) is 21.5 Å². The number of hydrogen-bond acceptors (Lipinski definition) is 4. The van der Waals surface area contributed by atoms with E-state index >= 15 is 0 Å². The molecule has 2 aromatic carbocycles. The summed E-state index contributed by atoms with van der Waals surface area (Å²) in [4.78, 5) is 4.09. The van der Waals surface area contributed by atoms with Crippen LogP contribution >= 0.6 is 15.9 Å². The monoisotopic (exact) mass is 392 g/mol. The molecule has 118 valence electrons. The quantitative estimate of drug-likeness (QED) is 0.721. The highest BCUT2D eigenvalue weighted by Gasteiger charge is 2.17. The zero-order valence-corrected chi connectivity index (χ0v) is 14.6. The Labute approximate surface area is 142 Å². The Bertz CT molecular complexity index is 938. The zero-order chi connectivity index (χ0) is 16.4. The first-order chi connectivity index (χ1) is 11.0. The topological polar surface area (TPSA) is 72.2 Å². The minimum Gasteiger partial charge on any atom is -0.444 e. The maximum Gasteiger partial charge on any atom is 0.262 e. The third kappa shape index (κ3) is 3.46. The van der Waals surface area contributed by atoms with E-state index in [-0.39, 0.29) is 4.90 Å². The number of benzene rings is 2. The molecule has 0 amide bonds. The third-order valence-electron chi connectivity index (χ3n) is 3.27.